The zero-order valence-electron chi connectivity index (χ0n) is 10.2. The summed E-state index contributed by atoms with van der Waals surface area (Å²) in [5.74, 6) is -1.06. The smallest absolute Gasteiger partial charge is 0.142 e. The van der Waals surface area contributed by atoms with E-state index in [1.165, 1.54) is 6.07 Å². The van der Waals surface area contributed by atoms with Gasteiger partial charge in [-0.25, -0.2) is 8.78 Å². The maximum atomic E-state index is 13.3. The molecule has 6 heteroatoms. The van der Waals surface area contributed by atoms with Gasteiger partial charge >= 0.3 is 0 Å². The van der Waals surface area contributed by atoms with Gasteiger partial charge < -0.3 is 10.1 Å². The van der Waals surface area contributed by atoms with Crippen molar-refractivity contribution in [2.24, 2.45) is 0 Å². The fourth-order valence-corrected chi connectivity index (χ4v) is 2.52. The van der Waals surface area contributed by atoms with Crippen molar-refractivity contribution in [1.29, 1.82) is 0 Å². The molecular formula is C12H17F2NO2S. The van der Waals surface area contributed by atoms with Crippen molar-refractivity contribution in [3.8, 4) is 0 Å². The van der Waals surface area contributed by atoms with E-state index in [1.54, 1.807) is 7.11 Å². The first kappa shape index (κ1) is 15.2. The summed E-state index contributed by atoms with van der Waals surface area (Å²) < 4.78 is 42.6. The Morgan fingerprint density at radius 1 is 1.33 bits per heavy atom. The summed E-state index contributed by atoms with van der Waals surface area (Å²) in [6.45, 7) is 2.04. The molecule has 1 unspecified atom stereocenters. The summed E-state index contributed by atoms with van der Waals surface area (Å²) in [7, 11) is 0.196. The van der Waals surface area contributed by atoms with Crippen LogP contribution in [-0.4, -0.2) is 36.8 Å². The van der Waals surface area contributed by atoms with Gasteiger partial charge in [-0.3, -0.25) is 4.21 Å². The van der Waals surface area contributed by atoms with Crippen LogP contribution in [0.25, 0.3) is 0 Å². The average Bonchev–Trinajstić information content (AvgIpc) is 2.33. The predicted molar refractivity (Wildman–Crippen MR) is 67.0 cm³/mol. The number of hydrogen-bond acceptors (Lipinski definition) is 3. The Kier molecular flexibility index (Phi) is 7.00. The van der Waals surface area contributed by atoms with Crippen LogP contribution in [-0.2, 0) is 15.5 Å². The first-order valence-corrected chi connectivity index (χ1v) is 7.00. The largest absolute Gasteiger partial charge is 0.383 e. The lowest BCUT2D eigenvalue weighted by atomic mass is 10.3. The van der Waals surface area contributed by atoms with Gasteiger partial charge in [0.05, 0.1) is 22.3 Å². The Balaban J connectivity index is 2.32. The number of nitrogens with one attached hydrogen (secondary N) is 1. The van der Waals surface area contributed by atoms with Crippen LogP contribution in [0.3, 0.4) is 0 Å². The van der Waals surface area contributed by atoms with Crippen molar-refractivity contribution in [3.63, 3.8) is 0 Å². The fraction of sp³-hybridized carbons (Fsp3) is 0.500. The number of ether oxygens (including phenoxy) is 1. The minimum absolute atomic E-state index is 0.0632. The molecule has 0 aliphatic heterocycles. The maximum Gasteiger partial charge on any atom is 0.142 e. The van der Waals surface area contributed by atoms with E-state index in [1.807, 2.05) is 0 Å². The molecule has 1 aromatic rings. The van der Waals surface area contributed by atoms with Crippen molar-refractivity contribution in [1.82, 2.24) is 5.32 Å². The molecule has 0 aliphatic carbocycles. The summed E-state index contributed by atoms with van der Waals surface area (Å²) in [4.78, 5) is 0.0632. The highest BCUT2D eigenvalue weighted by Crippen LogP contribution is 2.14. The standard InChI is InChI=1S/C12H17F2NO2S/c1-17-7-6-15-5-2-8-18(16)12-4-3-10(13)9-11(12)14/h3-4,9,15H,2,5-8H2,1H3. The van der Waals surface area contributed by atoms with Gasteiger partial charge in [0.1, 0.15) is 11.6 Å². The first-order valence-electron chi connectivity index (χ1n) is 5.68. The Bertz CT molecular complexity index is 402. The van der Waals surface area contributed by atoms with E-state index in [4.69, 9.17) is 4.74 Å². The second-order valence-electron chi connectivity index (χ2n) is 3.72. The molecule has 0 aliphatic rings. The molecule has 0 heterocycles. The number of methoxy groups -OCH3 is 1. The molecule has 1 aromatic carbocycles. The highest BCUT2D eigenvalue weighted by atomic mass is 32.2. The van der Waals surface area contributed by atoms with Crippen molar-refractivity contribution >= 4 is 10.8 Å². The lowest BCUT2D eigenvalue weighted by Crippen LogP contribution is -2.21. The van der Waals surface area contributed by atoms with Gasteiger partial charge in [0, 0.05) is 25.5 Å². The van der Waals surface area contributed by atoms with Crippen molar-refractivity contribution in [3.05, 3.63) is 29.8 Å². The van der Waals surface area contributed by atoms with Crippen LogP contribution in [0.4, 0.5) is 8.78 Å². The van der Waals surface area contributed by atoms with Crippen LogP contribution in [0.5, 0.6) is 0 Å². The zero-order chi connectivity index (χ0) is 13.4. The molecule has 0 amide bonds. The Hall–Kier alpha value is -0.850. The van der Waals surface area contributed by atoms with E-state index in [9.17, 15) is 13.0 Å². The summed E-state index contributed by atoms with van der Waals surface area (Å²) in [6.07, 6.45) is 0.660. The number of rotatable bonds is 8. The van der Waals surface area contributed by atoms with Crippen LogP contribution >= 0.6 is 0 Å². The van der Waals surface area contributed by atoms with Crippen LogP contribution in [0.1, 0.15) is 6.42 Å². The highest BCUT2D eigenvalue weighted by Gasteiger charge is 2.10. The molecule has 18 heavy (non-hydrogen) atoms. The van der Waals surface area contributed by atoms with E-state index in [0.717, 1.165) is 18.7 Å². The maximum absolute atomic E-state index is 13.3. The summed E-state index contributed by atoms with van der Waals surface area (Å²) in [5.41, 5.74) is 0. The second kappa shape index (κ2) is 8.29. The van der Waals surface area contributed by atoms with Gasteiger partial charge in [-0.2, -0.15) is 0 Å². The van der Waals surface area contributed by atoms with Gasteiger partial charge in [-0.15, -0.1) is 0 Å². The zero-order valence-corrected chi connectivity index (χ0v) is 11.1. The van der Waals surface area contributed by atoms with Crippen LogP contribution in [0.2, 0.25) is 0 Å². The van der Waals surface area contributed by atoms with E-state index in [2.05, 4.69) is 5.32 Å². The lowest BCUT2D eigenvalue weighted by molar-refractivity contribution is 0.199. The second-order valence-corrected chi connectivity index (χ2v) is 5.26. The minimum Gasteiger partial charge on any atom is -0.383 e. The van der Waals surface area contributed by atoms with E-state index in [-0.39, 0.29) is 4.90 Å². The predicted octanol–water partition coefficient (Wildman–Crippen LogP) is 1.70. The van der Waals surface area contributed by atoms with Gasteiger partial charge in [0.25, 0.3) is 0 Å². The molecular weight excluding hydrogens is 260 g/mol. The third-order valence-electron chi connectivity index (χ3n) is 2.31. The van der Waals surface area contributed by atoms with E-state index >= 15 is 0 Å². The Labute approximate surface area is 108 Å². The van der Waals surface area contributed by atoms with Crippen molar-refractivity contribution < 1.29 is 17.7 Å². The quantitative estimate of drug-likeness (QED) is 0.735. The summed E-state index contributed by atoms with van der Waals surface area (Å²) >= 11 is 0. The van der Waals surface area contributed by atoms with Crippen LogP contribution in [0.15, 0.2) is 23.1 Å². The summed E-state index contributed by atoms with van der Waals surface area (Å²) in [6, 6.07) is 3.11. The van der Waals surface area contributed by atoms with Gasteiger partial charge in [0.15, 0.2) is 0 Å². The molecule has 0 aromatic heterocycles. The molecule has 0 saturated carbocycles. The van der Waals surface area contributed by atoms with Crippen LogP contribution < -0.4 is 5.32 Å². The van der Waals surface area contributed by atoms with Gasteiger partial charge in [-0.05, 0) is 25.1 Å². The molecule has 1 rings (SSSR count). The molecule has 0 spiro atoms. The molecule has 0 saturated heterocycles. The molecule has 0 fully saturated rings. The van der Waals surface area contributed by atoms with E-state index in [0.29, 0.717) is 25.3 Å². The molecule has 1 atom stereocenters. The summed E-state index contributed by atoms with van der Waals surface area (Å²) in [5, 5.41) is 3.10. The molecule has 3 nitrogen and oxygen atoms in total. The van der Waals surface area contributed by atoms with Crippen molar-refractivity contribution in [2.45, 2.75) is 11.3 Å². The number of hydrogen-bond donors (Lipinski definition) is 1. The molecule has 1 N–H and O–H groups in total. The minimum atomic E-state index is -1.42. The lowest BCUT2D eigenvalue weighted by Gasteiger charge is -2.05. The molecule has 102 valence electrons. The highest BCUT2D eigenvalue weighted by molar-refractivity contribution is 7.85. The van der Waals surface area contributed by atoms with Crippen LogP contribution in [0, 0.1) is 11.6 Å². The first-order chi connectivity index (χ1) is 8.65. The molecule has 0 radical (unpaired) electrons. The Morgan fingerprint density at radius 3 is 2.78 bits per heavy atom. The van der Waals surface area contributed by atoms with Crippen molar-refractivity contribution in [2.75, 3.05) is 32.6 Å². The topological polar surface area (TPSA) is 38.3 Å². The van der Waals surface area contributed by atoms with Gasteiger partial charge in [-0.1, -0.05) is 0 Å². The average molecular weight is 277 g/mol. The SMILES string of the molecule is COCCNCCCS(=O)c1ccc(F)cc1F. The number of benzene rings is 1. The third kappa shape index (κ3) is 5.20. The fourth-order valence-electron chi connectivity index (χ4n) is 1.40. The third-order valence-corrected chi connectivity index (χ3v) is 3.79. The molecule has 0 bridgehead atoms. The normalized spacial score (nSPS) is 12.6. The van der Waals surface area contributed by atoms with Gasteiger partial charge in [0.2, 0.25) is 0 Å². The Morgan fingerprint density at radius 2 is 2.11 bits per heavy atom. The van der Waals surface area contributed by atoms with E-state index < -0.39 is 22.4 Å². The number of halogens is 2. The monoisotopic (exact) mass is 277 g/mol.